The van der Waals surface area contributed by atoms with Crippen molar-refractivity contribution in [3.8, 4) is 5.75 Å². The van der Waals surface area contributed by atoms with E-state index in [0.717, 1.165) is 5.56 Å². The topological polar surface area (TPSA) is 90.6 Å². The fraction of sp³-hybridized carbons (Fsp3) is 0.348. The van der Waals surface area contributed by atoms with Gasteiger partial charge in [0.15, 0.2) is 5.03 Å². The van der Waals surface area contributed by atoms with Crippen molar-refractivity contribution in [1.29, 1.82) is 0 Å². The molecule has 1 heterocycles. The molecule has 0 radical (unpaired) electrons. The maximum Gasteiger partial charge on any atom is 0.357 e. The summed E-state index contributed by atoms with van der Waals surface area (Å²) in [4.78, 5) is 4.55. The zero-order chi connectivity index (χ0) is 24.2. The molecule has 7 nitrogen and oxygen atoms in total. The highest BCUT2D eigenvalue weighted by Gasteiger charge is 2.32. The van der Waals surface area contributed by atoms with Crippen molar-refractivity contribution >= 4 is 33.3 Å². The van der Waals surface area contributed by atoms with Gasteiger partial charge in [0, 0.05) is 22.2 Å². The van der Waals surface area contributed by atoms with E-state index in [-0.39, 0.29) is 39.9 Å². The van der Waals surface area contributed by atoms with Crippen LogP contribution in [0.25, 0.3) is 0 Å². The van der Waals surface area contributed by atoms with E-state index in [9.17, 15) is 13.5 Å². The number of imidazole rings is 1. The molecule has 0 amide bonds. The lowest BCUT2D eigenvalue weighted by Crippen LogP contribution is -2.22. The Morgan fingerprint density at radius 1 is 1.03 bits per heavy atom. The third kappa shape index (κ3) is 6.71. The average Bonchev–Trinajstić information content (AvgIpc) is 3.06. The van der Waals surface area contributed by atoms with Crippen molar-refractivity contribution in [3.05, 3.63) is 75.7 Å². The molecule has 10 heteroatoms. The highest BCUT2D eigenvalue weighted by atomic mass is 35.5. The largest absolute Gasteiger partial charge is 0.392 e. The first-order valence-corrected chi connectivity index (χ1v) is 12.5. The molecule has 3 rings (SSSR count). The third-order valence-electron chi connectivity index (χ3n) is 4.64. The van der Waals surface area contributed by atoms with Gasteiger partial charge in [0.05, 0.1) is 24.9 Å². The maximum absolute atomic E-state index is 13.4. The molecule has 1 aromatic heterocycles. The molecule has 1 unspecified atom stereocenters. The number of aliphatic hydroxyl groups is 1. The van der Waals surface area contributed by atoms with Crippen LogP contribution < -0.4 is 4.18 Å². The zero-order valence-corrected chi connectivity index (χ0v) is 20.9. The summed E-state index contributed by atoms with van der Waals surface area (Å²) in [5.41, 5.74) is 1.30. The van der Waals surface area contributed by atoms with E-state index in [1.807, 2.05) is 44.2 Å². The lowest BCUT2D eigenvalue weighted by atomic mass is 10.1. The number of aromatic nitrogens is 2. The minimum Gasteiger partial charge on any atom is -0.392 e. The van der Waals surface area contributed by atoms with Crippen LogP contribution in [0.2, 0.25) is 10.0 Å². The smallest absolute Gasteiger partial charge is 0.357 e. The molecule has 0 saturated heterocycles. The molecule has 0 aliphatic rings. The van der Waals surface area contributed by atoms with Gasteiger partial charge in [-0.25, -0.2) is 4.98 Å². The van der Waals surface area contributed by atoms with Gasteiger partial charge in [-0.3, -0.25) is 0 Å². The Kier molecular flexibility index (Phi) is 8.42. The molecule has 0 saturated carbocycles. The molecule has 178 valence electrons. The molecule has 0 fully saturated rings. The van der Waals surface area contributed by atoms with E-state index in [4.69, 9.17) is 32.1 Å². The van der Waals surface area contributed by atoms with Gasteiger partial charge in [-0.2, -0.15) is 8.42 Å². The van der Waals surface area contributed by atoms with Gasteiger partial charge < -0.3 is 18.6 Å². The number of aliphatic hydroxyl groups excluding tert-OH is 1. The Bertz CT molecular complexity index is 1170. The van der Waals surface area contributed by atoms with E-state index in [1.54, 1.807) is 6.92 Å². The highest BCUT2D eigenvalue weighted by Crippen LogP contribution is 2.31. The lowest BCUT2D eigenvalue weighted by Gasteiger charge is -2.16. The number of ether oxygens (including phenoxy) is 1. The fourth-order valence-corrected chi connectivity index (χ4v) is 5.20. The van der Waals surface area contributed by atoms with Crippen LogP contribution in [0.4, 0.5) is 0 Å². The number of nitrogens with zero attached hydrogens (tertiary/aromatic N) is 2. The Hall–Kier alpha value is -2.10. The summed E-state index contributed by atoms with van der Waals surface area (Å²) in [5.74, 6) is 0.125. The SMILES string of the molecule is CC(O)Cn1c(COCc2ccccc2)nc(C(C)C)c1S(=O)(=O)Oc1cc(Cl)cc(Cl)c1. The van der Waals surface area contributed by atoms with Crippen LogP contribution in [0.5, 0.6) is 5.75 Å². The normalized spacial score (nSPS) is 12.8. The molecule has 0 aliphatic heterocycles. The van der Waals surface area contributed by atoms with Crippen LogP contribution in [0.1, 0.15) is 43.8 Å². The summed E-state index contributed by atoms with van der Waals surface area (Å²) in [6.07, 6.45) is -0.832. The van der Waals surface area contributed by atoms with Gasteiger partial charge in [0.1, 0.15) is 18.2 Å². The average molecular weight is 513 g/mol. The lowest BCUT2D eigenvalue weighted by molar-refractivity contribution is 0.0951. The van der Waals surface area contributed by atoms with E-state index in [1.165, 1.54) is 22.8 Å². The van der Waals surface area contributed by atoms with Crippen LogP contribution in [-0.4, -0.2) is 29.2 Å². The Morgan fingerprint density at radius 3 is 2.24 bits per heavy atom. The summed E-state index contributed by atoms with van der Waals surface area (Å²) in [7, 11) is -4.34. The number of rotatable bonds is 10. The molecule has 0 spiro atoms. The molecule has 1 N–H and O–H groups in total. The second-order valence-electron chi connectivity index (χ2n) is 7.95. The highest BCUT2D eigenvalue weighted by molar-refractivity contribution is 7.87. The Morgan fingerprint density at radius 2 is 1.67 bits per heavy atom. The van der Waals surface area contributed by atoms with Crippen molar-refractivity contribution in [2.45, 2.75) is 57.6 Å². The summed E-state index contributed by atoms with van der Waals surface area (Å²) >= 11 is 12.0. The van der Waals surface area contributed by atoms with E-state index in [0.29, 0.717) is 18.1 Å². The molecular formula is C23H26Cl2N2O5S. The van der Waals surface area contributed by atoms with Crippen molar-refractivity contribution < 1.29 is 22.4 Å². The standard InChI is InChI=1S/C23H26Cl2N2O5S/c1-15(2)22-23(33(29,30)32-20-10-18(24)9-19(25)11-20)27(12-16(3)28)21(26-22)14-31-13-17-7-5-4-6-8-17/h4-11,15-16,28H,12-14H2,1-3H3. The Labute approximate surface area is 204 Å². The molecule has 1 atom stereocenters. The first-order chi connectivity index (χ1) is 15.6. The van der Waals surface area contributed by atoms with E-state index >= 15 is 0 Å². The molecule has 3 aromatic rings. The monoisotopic (exact) mass is 512 g/mol. The maximum atomic E-state index is 13.4. The van der Waals surface area contributed by atoms with Gasteiger partial charge in [0.25, 0.3) is 0 Å². The number of hydrogen-bond donors (Lipinski definition) is 1. The predicted molar refractivity (Wildman–Crippen MR) is 127 cm³/mol. The number of hydrogen-bond acceptors (Lipinski definition) is 6. The van der Waals surface area contributed by atoms with Gasteiger partial charge >= 0.3 is 10.1 Å². The van der Waals surface area contributed by atoms with Crippen LogP contribution in [0, 0.1) is 0 Å². The van der Waals surface area contributed by atoms with Crippen molar-refractivity contribution in [2.75, 3.05) is 0 Å². The molecular weight excluding hydrogens is 487 g/mol. The minimum atomic E-state index is -4.34. The molecule has 33 heavy (non-hydrogen) atoms. The number of halogens is 2. The Balaban J connectivity index is 1.98. The minimum absolute atomic E-state index is 0.00201. The van der Waals surface area contributed by atoms with Crippen LogP contribution in [0.15, 0.2) is 53.6 Å². The van der Waals surface area contributed by atoms with Gasteiger partial charge in [-0.05, 0) is 24.5 Å². The number of benzene rings is 2. The van der Waals surface area contributed by atoms with E-state index < -0.39 is 16.2 Å². The summed E-state index contributed by atoms with van der Waals surface area (Å²) in [6.45, 7) is 5.62. The summed E-state index contributed by atoms with van der Waals surface area (Å²) in [5, 5.41) is 10.4. The van der Waals surface area contributed by atoms with Crippen molar-refractivity contribution in [1.82, 2.24) is 9.55 Å². The van der Waals surface area contributed by atoms with Gasteiger partial charge in [0.2, 0.25) is 0 Å². The zero-order valence-electron chi connectivity index (χ0n) is 18.5. The molecule has 0 bridgehead atoms. The van der Waals surface area contributed by atoms with Gasteiger partial charge in [-0.1, -0.05) is 67.4 Å². The summed E-state index contributed by atoms with van der Waals surface area (Å²) in [6, 6.07) is 13.8. The fourth-order valence-electron chi connectivity index (χ4n) is 3.28. The second kappa shape index (κ2) is 10.9. The quantitative estimate of drug-likeness (QED) is 0.376. The molecule has 2 aromatic carbocycles. The van der Waals surface area contributed by atoms with Crippen molar-refractivity contribution in [3.63, 3.8) is 0 Å². The first kappa shape index (κ1) is 25.5. The van der Waals surface area contributed by atoms with Crippen molar-refractivity contribution in [2.24, 2.45) is 0 Å². The van der Waals surface area contributed by atoms with Crippen LogP contribution in [0.3, 0.4) is 0 Å². The second-order valence-corrected chi connectivity index (χ2v) is 10.3. The third-order valence-corrected chi connectivity index (χ3v) is 6.39. The predicted octanol–water partition coefficient (Wildman–Crippen LogP) is 5.18. The molecule has 0 aliphatic carbocycles. The summed E-state index contributed by atoms with van der Waals surface area (Å²) < 4.78 is 39.3. The van der Waals surface area contributed by atoms with Gasteiger partial charge in [-0.15, -0.1) is 0 Å². The van der Waals surface area contributed by atoms with Crippen LogP contribution >= 0.6 is 23.2 Å². The van der Waals surface area contributed by atoms with Crippen LogP contribution in [-0.2, 0) is 34.6 Å². The van der Waals surface area contributed by atoms with E-state index in [2.05, 4.69) is 4.98 Å². The first-order valence-electron chi connectivity index (χ1n) is 10.4.